The Kier molecular flexibility index (Phi) is 4.28. The maximum absolute atomic E-state index is 10.6. The highest BCUT2D eigenvalue weighted by atomic mass is 16.5. The van der Waals surface area contributed by atoms with Gasteiger partial charge in [-0.2, -0.15) is 0 Å². The summed E-state index contributed by atoms with van der Waals surface area (Å²) in [5.74, 6) is -0.804. The Morgan fingerprint density at radius 2 is 2.30 bits per heavy atom. The maximum atomic E-state index is 10.6. The van der Waals surface area contributed by atoms with Crippen LogP contribution in [0.4, 0.5) is 0 Å². The van der Waals surface area contributed by atoms with E-state index in [0.29, 0.717) is 0 Å². The first-order valence-corrected chi connectivity index (χ1v) is 2.79. The van der Waals surface area contributed by atoms with Gasteiger partial charge in [-0.3, -0.25) is 4.79 Å². The standard InChI is InChI=1S/C6H9O4/c1-5(3-10-4-7)6(8)9-2/h5H,3H2,1-2H3. The van der Waals surface area contributed by atoms with Crippen LogP contribution in [0.2, 0.25) is 0 Å². The van der Waals surface area contributed by atoms with Crippen molar-refractivity contribution in [3.05, 3.63) is 0 Å². The van der Waals surface area contributed by atoms with E-state index in [4.69, 9.17) is 0 Å². The lowest BCUT2D eigenvalue weighted by Gasteiger charge is -2.05. The molecule has 0 spiro atoms. The van der Waals surface area contributed by atoms with Gasteiger partial charge in [0, 0.05) is 0 Å². The molecule has 0 aromatic heterocycles. The molecule has 1 atom stereocenters. The van der Waals surface area contributed by atoms with E-state index in [1.54, 1.807) is 6.92 Å². The highest BCUT2D eigenvalue weighted by Gasteiger charge is 2.12. The zero-order chi connectivity index (χ0) is 7.98. The topological polar surface area (TPSA) is 52.6 Å². The number of rotatable bonds is 4. The van der Waals surface area contributed by atoms with Gasteiger partial charge in [-0.15, -0.1) is 0 Å². The first-order valence-electron chi connectivity index (χ1n) is 2.79. The van der Waals surface area contributed by atoms with Gasteiger partial charge in [0.1, 0.15) is 6.61 Å². The number of carbonyl (C=O) groups excluding carboxylic acids is 2. The van der Waals surface area contributed by atoms with Crippen LogP contribution in [0.15, 0.2) is 0 Å². The van der Waals surface area contributed by atoms with Gasteiger partial charge in [0.15, 0.2) is 0 Å². The predicted molar refractivity (Wildman–Crippen MR) is 32.8 cm³/mol. The summed E-state index contributed by atoms with van der Waals surface area (Å²) in [5, 5.41) is 0. The van der Waals surface area contributed by atoms with Gasteiger partial charge in [-0.1, -0.05) is 0 Å². The highest BCUT2D eigenvalue weighted by molar-refractivity contribution is 5.72. The Balaban J connectivity index is 3.50. The number of esters is 1. The van der Waals surface area contributed by atoms with Crippen LogP contribution >= 0.6 is 0 Å². The lowest BCUT2D eigenvalue weighted by molar-refractivity contribution is -0.145. The molecule has 0 aliphatic heterocycles. The average molecular weight is 145 g/mol. The number of methoxy groups -OCH3 is 1. The lowest BCUT2D eigenvalue weighted by Crippen LogP contribution is -2.17. The second kappa shape index (κ2) is 4.78. The number of ether oxygens (including phenoxy) is 2. The normalized spacial score (nSPS) is 11.8. The van der Waals surface area contributed by atoms with Crippen molar-refractivity contribution in [2.45, 2.75) is 6.92 Å². The van der Waals surface area contributed by atoms with E-state index in [1.807, 2.05) is 0 Å². The van der Waals surface area contributed by atoms with Crippen molar-refractivity contribution >= 4 is 12.4 Å². The van der Waals surface area contributed by atoms with E-state index >= 15 is 0 Å². The third kappa shape index (κ3) is 3.06. The summed E-state index contributed by atoms with van der Waals surface area (Å²) in [4.78, 5) is 20.1. The fourth-order valence-electron chi connectivity index (χ4n) is 0.428. The predicted octanol–water partition coefficient (Wildman–Crippen LogP) is -0.121. The Morgan fingerprint density at radius 3 is 2.70 bits per heavy atom. The number of carbonyl (C=O) groups is 1. The monoisotopic (exact) mass is 145 g/mol. The van der Waals surface area contributed by atoms with E-state index in [0.717, 1.165) is 0 Å². The van der Waals surface area contributed by atoms with Gasteiger partial charge in [-0.05, 0) is 6.92 Å². The summed E-state index contributed by atoms with van der Waals surface area (Å²) in [5.41, 5.74) is 0. The molecule has 0 saturated carbocycles. The van der Waals surface area contributed by atoms with Crippen LogP contribution in [-0.2, 0) is 19.1 Å². The minimum atomic E-state index is -0.411. The van der Waals surface area contributed by atoms with Crippen LogP contribution in [0.5, 0.6) is 0 Å². The second-order valence-corrected chi connectivity index (χ2v) is 1.82. The fourth-order valence-corrected chi connectivity index (χ4v) is 0.428. The van der Waals surface area contributed by atoms with Crippen LogP contribution in [-0.4, -0.2) is 26.2 Å². The molecule has 10 heavy (non-hydrogen) atoms. The van der Waals surface area contributed by atoms with Gasteiger partial charge < -0.3 is 9.47 Å². The molecule has 4 nitrogen and oxygen atoms in total. The molecule has 4 heteroatoms. The first-order chi connectivity index (χ1) is 4.72. The van der Waals surface area contributed by atoms with Crippen molar-refractivity contribution < 1.29 is 19.1 Å². The van der Waals surface area contributed by atoms with E-state index in [1.165, 1.54) is 13.6 Å². The van der Waals surface area contributed by atoms with Crippen LogP contribution < -0.4 is 0 Å². The van der Waals surface area contributed by atoms with Gasteiger partial charge in [-0.25, -0.2) is 4.79 Å². The molecule has 0 bridgehead atoms. The summed E-state index contributed by atoms with van der Waals surface area (Å²) in [6, 6.07) is 0. The fraction of sp³-hybridized carbons (Fsp3) is 0.667. The molecule has 0 heterocycles. The summed E-state index contributed by atoms with van der Waals surface area (Å²) < 4.78 is 8.57. The van der Waals surface area contributed by atoms with Gasteiger partial charge >= 0.3 is 12.4 Å². The van der Waals surface area contributed by atoms with E-state index in [2.05, 4.69) is 9.47 Å². The van der Waals surface area contributed by atoms with Gasteiger partial charge in [0.2, 0.25) is 0 Å². The first kappa shape index (κ1) is 8.94. The Hall–Kier alpha value is -1.06. The summed E-state index contributed by atoms with van der Waals surface area (Å²) >= 11 is 0. The van der Waals surface area contributed by atoms with Crippen LogP contribution in [0.1, 0.15) is 6.92 Å². The molecule has 0 aliphatic carbocycles. The van der Waals surface area contributed by atoms with E-state index in [-0.39, 0.29) is 6.61 Å². The number of hydrogen-bond donors (Lipinski definition) is 0. The minimum Gasteiger partial charge on any atom is -0.469 e. The average Bonchev–Trinajstić information content (AvgIpc) is 1.98. The molecule has 0 fully saturated rings. The van der Waals surface area contributed by atoms with Gasteiger partial charge in [0.25, 0.3) is 0 Å². The molecule has 0 aromatic carbocycles. The van der Waals surface area contributed by atoms with Gasteiger partial charge in [0.05, 0.1) is 13.0 Å². The van der Waals surface area contributed by atoms with Crippen molar-refractivity contribution in [2.24, 2.45) is 5.92 Å². The van der Waals surface area contributed by atoms with Crippen LogP contribution in [0.25, 0.3) is 0 Å². The maximum Gasteiger partial charge on any atom is 0.417 e. The Bertz CT molecular complexity index is 121. The third-order valence-corrected chi connectivity index (χ3v) is 0.996. The highest BCUT2D eigenvalue weighted by Crippen LogP contribution is 1.96. The Morgan fingerprint density at radius 1 is 1.70 bits per heavy atom. The van der Waals surface area contributed by atoms with Crippen LogP contribution in [0, 0.1) is 5.92 Å². The molecule has 1 unspecified atom stereocenters. The summed E-state index contributed by atoms with van der Waals surface area (Å²) in [6.07, 6.45) is 0. The largest absolute Gasteiger partial charge is 0.469 e. The smallest absolute Gasteiger partial charge is 0.417 e. The minimum absolute atomic E-state index is 0.0240. The Labute approximate surface area is 59.1 Å². The molecular formula is C6H9O4. The van der Waals surface area contributed by atoms with Crippen molar-refractivity contribution in [3.8, 4) is 0 Å². The van der Waals surface area contributed by atoms with Crippen molar-refractivity contribution in [3.63, 3.8) is 0 Å². The lowest BCUT2D eigenvalue weighted by atomic mass is 10.2. The second-order valence-electron chi connectivity index (χ2n) is 1.82. The van der Waals surface area contributed by atoms with Crippen molar-refractivity contribution in [1.82, 2.24) is 0 Å². The SMILES string of the molecule is COC(=O)C(C)CO[C]=O. The van der Waals surface area contributed by atoms with Crippen LogP contribution in [0.3, 0.4) is 0 Å². The molecule has 0 N–H and O–H groups in total. The molecule has 0 amide bonds. The quantitative estimate of drug-likeness (QED) is 0.517. The van der Waals surface area contributed by atoms with E-state index in [9.17, 15) is 9.59 Å². The molecule has 0 aromatic rings. The molecule has 57 valence electrons. The number of hydrogen-bond acceptors (Lipinski definition) is 4. The van der Waals surface area contributed by atoms with Crippen molar-refractivity contribution in [2.75, 3.05) is 13.7 Å². The molecule has 0 saturated heterocycles. The molecule has 0 rings (SSSR count). The molecule has 1 radical (unpaired) electrons. The van der Waals surface area contributed by atoms with E-state index < -0.39 is 11.9 Å². The third-order valence-electron chi connectivity index (χ3n) is 0.996. The molecule has 0 aliphatic rings. The molecular weight excluding hydrogens is 136 g/mol. The summed E-state index contributed by atoms with van der Waals surface area (Å²) in [7, 11) is 1.28. The zero-order valence-corrected chi connectivity index (χ0v) is 5.92. The summed E-state index contributed by atoms with van der Waals surface area (Å²) in [6.45, 7) is 2.84. The van der Waals surface area contributed by atoms with Crippen molar-refractivity contribution in [1.29, 1.82) is 0 Å². The zero-order valence-electron chi connectivity index (χ0n) is 5.92.